The normalized spacial score (nSPS) is 11.6. The van der Waals surface area contributed by atoms with Crippen molar-refractivity contribution in [2.75, 3.05) is 14.2 Å². The van der Waals surface area contributed by atoms with Crippen molar-refractivity contribution in [3.05, 3.63) is 63.4 Å². The van der Waals surface area contributed by atoms with E-state index >= 15 is 0 Å². The summed E-state index contributed by atoms with van der Waals surface area (Å²) < 4.78 is 0. The van der Waals surface area contributed by atoms with Crippen molar-refractivity contribution in [2.24, 2.45) is 10.3 Å². The van der Waals surface area contributed by atoms with Gasteiger partial charge in [0, 0.05) is 18.2 Å². The largest absolute Gasteiger partial charge is 0.398 e. The minimum atomic E-state index is -0.384. The van der Waals surface area contributed by atoms with Gasteiger partial charge in [-0.15, -0.1) is 0 Å². The minimum Gasteiger partial charge on any atom is -0.398 e. The number of pyridine rings is 1. The van der Waals surface area contributed by atoms with Crippen molar-refractivity contribution in [1.82, 2.24) is 10.3 Å². The molecule has 1 heterocycles. The lowest BCUT2D eigenvalue weighted by molar-refractivity contribution is -0.114. The zero-order chi connectivity index (χ0) is 21.4. The van der Waals surface area contributed by atoms with Crippen LogP contribution in [0.3, 0.4) is 0 Å². The van der Waals surface area contributed by atoms with Crippen LogP contribution in [0.4, 0.5) is 0 Å². The topological polar surface area (TPSA) is 109 Å². The summed E-state index contributed by atoms with van der Waals surface area (Å²) in [7, 11) is 2.89. The van der Waals surface area contributed by atoms with Crippen LogP contribution in [0, 0.1) is 18.3 Å². The number of aromatic nitrogens is 1. The van der Waals surface area contributed by atoms with E-state index in [9.17, 15) is 4.79 Å². The number of nitriles is 1. The molecule has 0 unspecified atom stereocenters. The van der Waals surface area contributed by atoms with Gasteiger partial charge in [-0.25, -0.2) is 4.98 Å². The van der Waals surface area contributed by atoms with Gasteiger partial charge in [-0.3, -0.25) is 4.79 Å². The molecule has 9 heteroatoms. The molecule has 1 aromatic heterocycles. The number of nitrogens with zero attached hydrogens (tertiary/aromatic N) is 4. The van der Waals surface area contributed by atoms with Crippen LogP contribution in [-0.2, 0) is 21.1 Å². The first-order valence-electron chi connectivity index (χ1n) is 8.58. The fourth-order valence-electron chi connectivity index (χ4n) is 2.53. The fraction of sp³-hybridized carbons (Fsp3) is 0.250. The Morgan fingerprint density at radius 2 is 2.10 bits per heavy atom. The molecular formula is C20H20ClN5O3. The zero-order valence-electron chi connectivity index (χ0n) is 16.5. The van der Waals surface area contributed by atoms with Gasteiger partial charge in [-0.1, -0.05) is 40.1 Å². The first-order valence-corrected chi connectivity index (χ1v) is 8.95. The van der Waals surface area contributed by atoms with Crippen LogP contribution >= 0.6 is 11.6 Å². The molecule has 0 aliphatic heterocycles. The lowest BCUT2D eigenvalue weighted by Crippen LogP contribution is -2.29. The summed E-state index contributed by atoms with van der Waals surface area (Å²) in [6, 6.07) is 10.5. The predicted octanol–water partition coefficient (Wildman–Crippen LogP) is 2.95. The first-order chi connectivity index (χ1) is 13.9. The number of rotatable bonds is 7. The number of carbonyl (C=O) groups excluding carboxylic acids is 1. The third-order valence-electron chi connectivity index (χ3n) is 3.99. The first kappa shape index (κ1) is 21.9. The van der Waals surface area contributed by atoms with Crippen LogP contribution in [0.2, 0.25) is 5.15 Å². The van der Waals surface area contributed by atoms with Crippen LogP contribution in [0.15, 0.2) is 40.6 Å². The Hall–Kier alpha value is -3.44. The average Bonchev–Trinajstić information content (AvgIpc) is 2.72. The zero-order valence-corrected chi connectivity index (χ0v) is 17.2. The van der Waals surface area contributed by atoms with Gasteiger partial charge in [-0.2, -0.15) is 5.26 Å². The Kier molecular flexibility index (Phi) is 7.69. The minimum absolute atomic E-state index is 0.0880. The molecule has 0 spiro atoms. The van der Waals surface area contributed by atoms with Crippen molar-refractivity contribution < 1.29 is 14.5 Å². The molecule has 1 amide bonds. The molecule has 150 valence electrons. The summed E-state index contributed by atoms with van der Waals surface area (Å²) in [5.74, 6) is -0.384. The van der Waals surface area contributed by atoms with E-state index in [4.69, 9.17) is 26.5 Å². The quantitative estimate of drug-likeness (QED) is 0.426. The van der Waals surface area contributed by atoms with E-state index in [1.54, 1.807) is 19.1 Å². The summed E-state index contributed by atoms with van der Waals surface area (Å²) in [4.78, 5) is 26.7. The van der Waals surface area contributed by atoms with Gasteiger partial charge in [0.1, 0.15) is 24.6 Å². The molecule has 0 fully saturated rings. The third-order valence-corrected chi connectivity index (χ3v) is 4.19. The molecule has 29 heavy (non-hydrogen) atoms. The Labute approximate surface area is 173 Å². The molecule has 0 aliphatic carbocycles. The van der Waals surface area contributed by atoms with Gasteiger partial charge < -0.3 is 15.0 Å². The van der Waals surface area contributed by atoms with Gasteiger partial charge in [0.15, 0.2) is 5.71 Å². The highest BCUT2D eigenvalue weighted by molar-refractivity contribution is 6.45. The van der Waals surface area contributed by atoms with E-state index in [-0.39, 0.29) is 23.4 Å². The second-order valence-corrected chi connectivity index (χ2v) is 6.32. The monoisotopic (exact) mass is 413 g/mol. The summed E-state index contributed by atoms with van der Waals surface area (Å²) in [6.45, 7) is 3.68. The van der Waals surface area contributed by atoms with Crippen LogP contribution < -0.4 is 5.32 Å². The Bertz CT molecular complexity index is 1010. The van der Waals surface area contributed by atoms with Crippen LogP contribution in [0.1, 0.15) is 34.9 Å². The van der Waals surface area contributed by atoms with Crippen molar-refractivity contribution in [1.29, 1.82) is 5.26 Å². The number of halogens is 1. The summed E-state index contributed by atoms with van der Waals surface area (Å²) >= 11 is 5.93. The lowest BCUT2D eigenvalue weighted by atomic mass is 9.98. The number of nitrogens with one attached hydrogen (secondary N) is 1. The Morgan fingerprint density at radius 1 is 1.34 bits per heavy atom. The molecule has 1 aromatic carbocycles. The van der Waals surface area contributed by atoms with E-state index in [2.05, 4.69) is 20.6 Å². The van der Waals surface area contributed by atoms with Crippen molar-refractivity contribution >= 4 is 28.9 Å². The molecule has 0 saturated carbocycles. The van der Waals surface area contributed by atoms with E-state index in [1.807, 2.05) is 25.1 Å². The highest BCUT2D eigenvalue weighted by Gasteiger charge is 2.19. The number of hydrogen-bond acceptors (Lipinski definition) is 7. The van der Waals surface area contributed by atoms with E-state index in [1.165, 1.54) is 20.2 Å². The molecule has 0 bridgehead atoms. The average molecular weight is 414 g/mol. The third kappa shape index (κ3) is 5.53. The molecule has 0 radical (unpaired) electrons. The summed E-state index contributed by atoms with van der Waals surface area (Å²) in [5.41, 5.74) is 3.61. The van der Waals surface area contributed by atoms with Gasteiger partial charge in [0.25, 0.3) is 5.91 Å². The van der Waals surface area contributed by atoms with E-state index in [0.29, 0.717) is 22.5 Å². The molecule has 0 atom stereocenters. The number of aryl methyl sites for hydroxylation is 1. The fourth-order valence-corrected chi connectivity index (χ4v) is 2.73. The van der Waals surface area contributed by atoms with Crippen LogP contribution in [0.5, 0.6) is 0 Å². The molecule has 2 aromatic rings. The van der Waals surface area contributed by atoms with E-state index < -0.39 is 0 Å². The van der Waals surface area contributed by atoms with Crippen LogP contribution in [-0.4, -0.2) is 36.5 Å². The number of carbonyl (C=O) groups is 1. The number of benzene rings is 1. The molecule has 2 rings (SSSR count). The van der Waals surface area contributed by atoms with Gasteiger partial charge in [0.05, 0.1) is 17.3 Å². The Morgan fingerprint density at radius 3 is 2.76 bits per heavy atom. The maximum absolute atomic E-state index is 12.2. The molecule has 8 nitrogen and oxygen atoms in total. The number of hydrogen-bond donors (Lipinski definition) is 1. The lowest BCUT2D eigenvalue weighted by Gasteiger charge is -2.13. The molecular weight excluding hydrogens is 394 g/mol. The maximum Gasteiger partial charge on any atom is 0.273 e. The molecule has 1 N–H and O–H groups in total. The van der Waals surface area contributed by atoms with E-state index in [0.717, 1.165) is 11.1 Å². The summed E-state index contributed by atoms with van der Waals surface area (Å²) in [6.07, 6.45) is 0. The van der Waals surface area contributed by atoms with Gasteiger partial charge in [0.2, 0.25) is 0 Å². The van der Waals surface area contributed by atoms with Gasteiger partial charge in [-0.05, 0) is 31.5 Å². The van der Waals surface area contributed by atoms with Crippen molar-refractivity contribution in [3.63, 3.8) is 0 Å². The number of likely N-dealkylation sites (N-methyl/N-ethyl adjacent to an activating group) is 1. The molecule has 0 saturated heterocycles. The second kappa shape index (κ2) is 10.2. The van der Waals surface area contributed by atoms with Crippen molar-refractivity contribution in [2.45, 2.75) is 20.5 Å². The standard InChI is InChI=1S/C20H20ClN5O3/c1-12-6-5-7-15(19(26-28-4)20(27)23-3)16(12)11-29-25-13(2)17-8-14(10-22)9-18(21)24-17/h5-9H,11H2,1-4H3,(H,23,27)/b25-13+,26-19+. The Balaban J connectivity index is 2.30. The number of amides is 1. The summed E-state index contributed by atoms with van der Waals surface area (Å²) in [5, 5.41) is 19.7. The number of oxime groups is 2. The highest BCUT2D eigenvalue weighted by Crippen LogP contribution is 2.18. The highest BCUT2D eigenvalue weighted by atomic mass is 35.5. The smallest absolute Gasteiger partial charge is 0.273 e. The predicted molar refractivity (Wildman–Crippen MR) is 110 cm³/mol. The van der Waals surface area contributed by atoms with Gasteiger partial charge >= 0.3 is 0 Å². The second-order valence-electron chi connectivity index (χ2n) is 5.93. The molecule has 0 aliphatic rings. The SMILES string of the molecule is CNC(=O)/C(=N/OC)c1cccc(C)c1CO/N=C(\C)c1cc(C#N)cc(Cl)n1. The maximum atomic E-state index is 12.2. The van der Waals surface area contributed by atoms with Crippen molar-refractivity contribution in [3.8, 4) is 6.07 Å². The van der Waals surface area contributed by atoms with Crippen LogP contribution in [0.25, 0.3) is 0 Å².